The molecule has 2 atom stereocenters. The molecule has 25 heavy (non-hydrogen) atoms. The largest absolute Gasteiger partial charge is 0.348 e. The Balaban J connectivity index is 0.00000576. The summed E-state index contributed by atoms with van der Waals surface area (Å²) in [5.41, 5.74) is 5.08. The molecule has 1 aromatic rings. The van der Waals surface area contributed by atoms with Gasteiger partial charge in [-0.05, 0) is 25.8 Å². The first-order chi connectivity index (χ1) is 11.1. The topological polar surface area (TPSA) is 127 Å². The van der Waals surface area contributed by atoms with Crippen molar-refractivity contribution in [2.45, 2.75) is 39.3 Å². The SMILES string of the molecule is CC(NC(=O)c1cccc([N+](=O)[O-])c1)C(=O)NC(C)(CN)C(C)C.Cl. The number of non-ortho nitro benzene ring substituents is 1. The number of nitro groups is 1. The van der Waals surface area contributed by atoms with Gasteiger partial charge in [-0.2, -0.15) is 0 Å². The van der Waals surface area contributed by atoms with Crippen LogP contribution in [0.25, 0.3) is 0 Å². The number of nitrogens with two attached hydrogens (primary N) is 1. The molecule has 0 aliphatic rings. The van der Waals surface area contributed by atoms with E-state index in [-0.39, 0.29) is 42.0 Å². The summed E-state index contributed by atoms with van der Waals surface area (Å²) in [7, 11) is 0. The van der Waals surface area contributed by atoms with Crippen LogP contribution in [0.5, 0.6) is 0 Å². The first-order valence-corrected chi connectivity index (χ1v) is 7.68. The highest BCUT2D eigenvalue weighted by Crippen LogP contribution is 2.15. The van der Waals surface area contributed by atoms with Crippen LogP contribution in [0.4, 0.5) is 5.69 Å². The number of halogens is 1. The smallest absolute Gasteiger partial charge is 0.270 e. The van der Waals surface area contributed by atoms with Gasteiger partial charge < -0.3 is 16.4 Å². The molecule has 0 saturated heterocycles. The fourth-order valence-electron chi connectivity index (χ4n) is 1.93. The summed E-state index contributed by atoms with van der Waals surface area (Å²) in [5, 5.41) is 16.1. The summed E-state index contributed by atoms with van der Waals surface area (Å²) in [6.07, 6.45) is 0. The predicted octanol–water partition coefficient (Wildman–Crippen LogP) is 1.62. The van der Waals surface area contributed by atoms with Crippen LogP contribution in [-0.2, 0) is 4.79 Å². The van der Waals surface area contributed by atoms with Gasteiger partial charge in [-0.25, -0.2) is 0 Å². The number of carbonyl (C=O) groups is 2. The van der Waals surface area contributed by atoms with Crippen LogP contribution in [0.2, 0.25) is 0 Å². The number of benzene rings is 1. The molecule has 0 radical (unpaired) electrons. The van der Waals surface area contributed by atoms with Crippen molar-refractivity contribution in [2.24, 2.45) is 11.7 Å². The highest BCUT2D eigenvalue weighted by atomic mass is 35.5. The van der Waals surface area contributed by atoms with E-state index >= 15 is 0 Å². The third-order valence-corrected chi connectivity index (χ3v) is 4.17. The fourth-order valence-corrected chi connectivity index (χ4v) is 1.93. The zero-order valence-electron chi connectivity index (χ0n) is 14.7. The Morgan fingerprint density at radius 1 is 1.32 bits per heavy atom. The third-order valence-electron chi connectivity index (χ3n) is 4.17. The van der Waals surface area contributed by atoms with Crippen molar-refractivity contribution in [3.63, 3.8) is 0 Å². The maximum Gasteiger partial charge on any atom is 0.270 e. The quantitative estimate of drug-likeness (QED) is 0.495. The number of rotatable bonds is 7. The molecule has 0 saturated carbocycles. The van der Waals surface area contributed by atoms with Crippen LogP contribution in [0.1, 0.15) is 38.1 Å². The van der Waals surface area contributed by atoms with E-state index in [0.29, 0.717) is 0 Å². The minimum absolute atomic E-state index is 0. The van der Waals surface area contributed by atoms with Crippen LogP contribution in [-0.4, -0.2) is 34.9 Å². The maximum atomic E-state index is 12.3. The molecule has 0 spiro atoms. The monoisotopic (exact) mass is 372 g/mol. The van der Waals surface area contributed by atoms with Crippen molar-refractivity contribution in [2.75, 3.05) is 6.54 Å². The van der Waals surface area contributed by atoms with Gasteiger partial charge in [0.2, 0.25) is 5.91 Å². The molecule has 4 N–H and O–H groups in total. The third kappa shape index (κ3) is 5.99. The summed E-state index contributed by atoms with van der Waals surface area (Å²) in [5.74, 6) is -0.804. The molecular formula is C16H25ClN4O4. The molecule has 0 heterocycles. The molecular weight excluding hydrogens is 348 g/mol. The summed E-state index contributed by atoms with van der Waals surface area (Å²) < 4.78 is 0. The van der Waals surface area contributed by atoms with Crippen LogP contribution < -0.4 is 16.4 Å². The number of nitro benzene ring substituents is 1. The lowest BCUT2D eigenvalue weighted by Crippen LogP contribution is -2.59. The molecule has 0 aliphatic carbocycles. The Hall–Kier alpha value is -2.19. The van der Waals surface area contributed by atoms with Gasteiger partial charge in [-0.3, -0.25) is 19.7 Å². The second kappa shape index (κ2) is 9.33. The summed E-state index contributed by atoms with van der Waals surface area (Å²) in [4.78, 5) is 34.6. The molecule has 0 aliphatic heterocycles. The van der Waals surface area contributed by atoms with Crippen LogP contribution in [0, 0.1) is 16.0 Å². The number of hydrogen-bond acceptors (Lipinski definition) is 5. The maximum absolute atomic E-state index is 12.3. The van der Waals surface area contributed by atoms with Gasteiger partial charge in [-0.1, -0.05) is 19.9 Å². The standard InChI is InChI=1S/C16H24N4O4.ClH/c1-10(2)16(4,9-17)19-14(21)11(3)18-15(22)12-6-5-7-13(8-12)20(23)24;/h5-8,10-11H,9,17H2,1-4H3,(H,18,22)(H,19,21);1H. The van der Waals surface area contributed by atoms with Crippen LogP contribution >= 0.6 is 12.4 Å². The number of carbonyl (C=O) groups excluding carboxylic acids is 2. The van der Waals surface area contributed by atoms with Crippen molar-refractivity contribution in [1.29, 1.82) is 0 Å². The average Bonchev–Trinajstić information content (AvgIpc) is 2.54. The highest BCUT2D eigenvalue weighted by molar-refractivity contribution is 5.98. The molecule has 1 aromatic carbocycles. The molecule has 1 rings (SSSR count). The second-order valence-electron chi connectivity index (χ2n) is 6.27. The van der Waals surface area contributed by atoms with Gasteiger partial charge in [0.1, 0.15) is 6.04 Å². The fraction of sp³-hybridized carbons (Fsp3) is 0.500. The first kappa shape index (κ1) is 22.8. The lowest BCUT2D eigenvalue weighted by atomic mass is 9.88. The molecule has 8 nitrogen and oxygen atoms in total. The van der Waals surface area contributed by atoms with Gasteiger partial charge >= 0.3 is 0 Å². The van der Waals surface area contributed by atoms with Crippen molar-refractivity contribution in [1.82, 2.24) is 10.6 Å². The summed E-state index contributed by atoms with van der Waals surface area (Å²) >= 11 is 0. The van der Waals surface area contributed by atoms with Crippen molar-refractivity contribution < 1.29 is 14.5 Å². The van der Waals surface area contributed by atoms with Crippen molar-refractivity contribution >= 4 is 29.9 Å². The van der Waals surface area contributed by atoms with Crippen molar-refractivity contribution in [3.05, 3.63) is 39.9 Å². The Morgan fingerprint density at radius 2 is 1.92 bits per heavy atom. The molecule has 0 bridgehead atoms. The van der Waals surface area contributed by atoms with Crippen molar-refractivity contribution in [3.8, 4) is 0 Å². The summed E-state index contributed by atoms with van der Waals surface area (Å²) in [6, 6.07) is 4.52. The zero-order valence-corrected chi connectivity index (χ0v) is 15.6. The molecule has 9 heteroatoms. The molecule has 2 amide bonds. The predicted molar refractivity (Wildman–Crippen MR) is 97.7 cm³/mol. The van der Waals surface area contributed by atoms with E-state index in [4.69, 9.17) is 5.73 Å². The van der Waals surface area contributed by atoms with Gasteiger partial charge in [0.25, 0.3) is 11.6 Å². The van der Waals surface area contributed by atoms with Crippen LogP contribution in [0.15, 0.2) is 24.3 Å². The Labute approximate surface area is 153 Å². The van der Waals surface area contributed by atoms with E-state index < -0.39 is 22.4 Å². The number of amides is 2. The van der Waals surface area contributed by atoms with Gasteiger partial charge in [-0.15, -0.1) is 12.4 Å². The minimum Gasteiger partial charge on any atom is -0.348 e. The van der Waals surface area contributed by atoms with E-state index in [0.717, 1.165) is 6.07 Å². The average molecular weight is 373 g/mol. The molecule has 0 aromatic heterocycles. The lowest BCUT2D eigenvalue weighted by Gasteiger charge is -2.34. The lowest BCUT2D eigenvalue weighted by molar-refractivity contribution is -0.384. The van der Waals surface area contributed by atoms with E-state index in [1.165, 1.54) is 18.2 Å². The first-order valence-electron chi connectivity index (χ1n) is 7.68. The van der Waals surface area contributed by atoms with E-state index in [9.17, 15) is 19.7 Å². The highest BCUT2D eigenvalue weighted by Gasteiger charge is 2.30. The van der Waals surface area contributed by atoms with Gasteiger partial charge in [0.05, 0.1) is 10.5 Å². The number of hydrogen-bond donors (Lipinski definition) is 3. The van der Waals surface area contributed by atoms with Crippen LogP contribution in [0.3, 0.4) is 0 Å². The summed E-state index contributed by atoms with van der Waals surface area (Å²) in [6.45, 7) is 7.54. The Bertz CT molecular complexity index is 638. The normalized spacial score (nSPS) is 14.0. The minimum atomic E-state index is -0.804. The van der Waals surface area contributed by atoms with E-state index in [2.05, 4.69) is 10.6 Å². The second-order valence-corrected chi connectivity index (χ2v) is 6.27. The van der Waals surface area contributed by atoms with E-state index in [1.807, 2.05) is 20.8 Å². The Kier molecular flexibility index (Phi) is 8.52. The number of nitrogens with one attached hydrogen (secondary N) is 2. The number of nitrogens with zero attached hydrogens (tertiary/aromatic N) is 1. The molecule has 0 fully saturated rings. The van der Waals surface area contributed by atoms with Gasteiger partial charge in [0, 0.05) is 24.2 Å². The van der Waals surface area contributed by atoms with E-state index in [1.54, 1.807) is 6.92 Å². The molecule has 140 valence electrons. The molecule has 2 unspecified atom stereocenters. The Morgan fingerprint density at radius 3 is 2.40 bits per heavy atom. The zero-order chi connectivity index (χ0) is 18.5. The van der Waals surface area contributed by atoms with Gasteiger partial charge in [0.15, 0.2) is 0 Å².